The van der Waals surface area contributed by atoms with Gasteiger partial charge in [-0.2, -0.15) is 0 Å². The van der Waals surface area contributed by atoms with Crippen LogP contribution in [0, 0.1) is 16.7 Å². The lowest BCUT2D eigenvalue weighted by Crippen LogP contribution is -2.82. The van der Waals surface area contributed by atoms with Crippen LogP contribution in [-0.4, -0.2) is 89.1 Å². The number of hydrogen-bond acceptors (Lipinski definition) is 14. The summed E-state index contributed by atoms with van der Waals surface area (Å²) in [6.45, 7) is 10.0. The van der Waals surface area contributed by atoms with Gasteiger partial charge >= 0.3 is 29.8 Å². The molecule has 4 aliphatic rings. The third-order valence-corrected chi connectivity index (χ3v) is 13.3. The third-order valence-electron chi connectivity index (χ3n) is 13.3. The van der Waals surface area contributed by atoms with Gasteiger partial charge in [0, 0.05) is 51.0 Å². The second kappa shape index (κ2) is 17.3. The number of carbonyl (C=O) groups excluding carboxylic acids is 6. The fraction of sp³-hybridized carbons (Fsp3) is 0.429. The molecular weight excluding hydrogens is 813 g/mol. The second-order valence-electron chi connectivity index (χ2n) is 17.4. The van der Waals surface area contributed by atoms with Gasteiger partial charge in [0.15, 0.2) is 17.5 Å². The van der Waals surface area contributed by atoms with Crippen molar-refractivity contribution in [3.8, 4) is 5.75 Å². The van der Waals surface area contributed by atoms with Crippen LogP contribution in [0.1, 0.15) is 82.8 Å². The molecular formula is C49H52O14. The van der Waals surface area contributed by atoms with E-state index in [1.165, 1.54) is 39.0 Å². The lowest BCUT2D eigenvalue weighted by molar-refractivity contribution is -0.352. The lowest BCUT2D eigenvalue weighted by Gasteiger charge is -2.68. The van der Waals surface area contributed by atoms with Crippen LogP contribution >= 0.6 is 0 Å². The van der Waals surface area contributed by atoms with E-state index in [1.807, 2.05) is 30.3 Å². The van der Waals surface area contributed by atoms with Gasteiger partial charge in [-0.1, -0.05) is 74.5 Å². The smallest absolute Gasteiger partial charge is 0.343 e. The first-order valence-corrected chi connectivity index (χ1v) is 20.9. The maximum Gasteiger partial charge on any atom is 0.343 e. The number of ketones is 1. The fourth-order valence-electron chi connectivity index (χ4n) is 10.2. The fourth-order valence-corrected chi connectivity index (χ4v) is 10.2. The minimum absolute atomic E-state index is 0.0702. The van der Waals surface area contributed by atoms with Crippen molar-refractivity contribution in [2.24, 2.45) is 16.7 Å². The van der Waals surface area contributed by atoms with Gasteiger partial charge in [-0.3, -0.25) is 19.2 Å². The van der Waals surface area contributed by atoms with Crippen molar-refractivity contribution in [1.29, 1.82) is 0 Å². The number of rotatable bonds is 11. The molecule has 3 aromatic rings. The number of aliphatic hydroxyl groups is 1. The zero-order chi connectivity index (χ0) is 45.5. The standard InChI is InChI=1S/C49H52O14/c1-28-36(59-29(2)50)25-49(56)44(57-26-33-14-10-8-11-15-33)42-47(7,37(60-30(3)51)24-38-48(42,27-58-38)63-31(4)52)43(54)41(40(28)46(49,5)6)62-39(53)23-20-32-18-21-34(22-19-32)45(55)61-35-16-12-9-13-17-35/h8-23,36-38,41-42,44,56H,24-27H2,1-7H3/b23-20+/t36-,37-,38+,41+,42-,44-,47+,48-,49+/m0/s1. The Bertz CT molecular complexity index is 2340. The minimum atomic E-state index is -2.06. The highest BCUT2D eigenvalue weighted by molar-refractivity contribution is 5.97. The molecule has 0 amide bonds. The van der Waals surface area contributed by atoms with Crippen LogP contribution in [0.15, 0.2) is 102 Å². The summed E-state index contributed by atoms with van der Waals surface area (Å²) in [6, 6.07) is 24.0. The number of para-hydroxylation sites is 1. The van der Waals surface area contributed by atoms with Crippen LogP contribution in [0.4, 0.5) is 0 Å². The van der Waals surface area contributed by atoms with Crippen molar-refractivity contribution in [3.05, 3.63) is 119 Å². The van der Waals surface area contributed by atoms with Gasteiger partial charge in [0.1, 0.15) is 29.7 Å². The highest BCUT2D eigenvalue weighted by atomic mass is 16.6. The van der Waals surface area contributed by atoms with E-state index >= 15 is 4.79 Å². The van der Waals surface area contributed by atoms with Gasteiger partial charge in [-0.25, -0.2) is 9.59 Å². The van der Waals surface area contributed by atoms with E-state index in [9.17, 15) is 29.1 Å². The molecule has 332 valence electrons. The van der Waals surface area contributed by atoms with Crippen LogP contribution in [0.2, 0.25) is 0 Å². The van der Waals surface area contributed by atoms with Crippen molar-refractivity contribution < 1.29 is 67.0 Å². The highest BCUT2D eigenvalue weighted by Gasteiger charge is 2.78. The summed E-state index contributed by atoms with van der Waals surface area (Å²) in [4.78, 5) is 81.6. The summed E-state index contributed by atoms with van der Waals surface area (Å²) >= 11 is 0. The average Bonchev–Trinajstić information content (AvgIpc) is 3.22. The highest BCUT2D eigenvalue weighted by Crippen LogP contribution is 2.65. The number of fused-ring (bicyclic) bond motifs is 5. The Morgan fingerprint density at radius 2 is 1.46 bits per heavy atom. The molecule has 1 aliphatic heterocycles. The molecule has 3 aromatic carbocycles. The molecule has 0 spiro atoms. The second-order valence-corrected chi connectivity index (χ2v) is 17.4. The Morgan fingerprint density at radius 1 is 0.825 bits per heavy atom. The number of esters is 5. The molecule has 14 nitrogen and oxygen atoms in total. The molecule has 1 heterocycles. The van der Waals surface area contributed by atoms with Gasteiger partial charge in [0.05, 0.1) is 30.3 Å². The van der Waals surface area contributed by atoms with E-state index in [-0.39, 0.29) is 37.2 Å². The molecule has 2 saturated carbocycles. The molecule has 63 heavy (non-hydrogen) atoms. The summed E-state index contributed by atoms with van der Waals surface area (Å²) in [5, 5.41) is 13.7. The van der Waals surface area contributed by atoms with Crippen LogP contribution in [0.5, 0.6) is 5.75 Å². The molecule has 1 N–H and O–H groups in total. The summed E-state index contributed by atoms with van der Waals surface area (Å²) in [7, 11) is 0. The van der Waals surface area contributed by atoms with E-state index in [4.69, 9.17) is 33.2 Å². The maximum absolute atomic E-state index is 16.0. The molecule has 3 aliphatic carbocycles. The minimum Gasteiger partial charge on any atom is -0.461 e. The van der Waals surface area contributed by atoms with Crippen molar-refractivity contribution in [1.82, 2.24) is 0 Å². The Hall–Kier alpha value is -5.96. The zero-order valence-electron chi connectivity index (χ0n) is 36.3. The number of benzene rings is 3. The van der Waals surface area contributed by atoms with E-state index in [2.05, 4.69) is 0 Å². The summed E-state index contributed by atoms with van der Waals surface area (Å²) in [5.41, 5.74) is -4.97. The van der Waals surface area contributed by atoms with E-state index in [0.29, 0.717) is 16.9 Å². The van der Waals surface area contributed by atoms with Gasteiger partial charge in [0.25, 0.3) is 0 Å². The normalized spacial score (nSPS) is 30.6. The Morgan fingerprint density at radius 3 is 2.05 bits per heavy atom. The first kappa shape index (κ1) is 45.1. The molecule has 2 bridgehead atoms. The lowest BCUT2D eigenvalue weighted by atomic mass is 9.44. The van der Waals surface area contributed by atoms with Gasteiger partial charge < -0.3 is 38.3 Å². The molecule has 9 atom stereocenters. The largest absolute Gasteiger partial charge is 0.461 e. The summed E-state index contributed by atoms with van der Waals surface area (Å²) in [5.74, 6) is -5.23. The van der Waals surface area contributed by atoms with Crippen molar-refractivity contribution in [3.63, 3.8) is 0 Å². The third kappa shape index (κ3) is 8.23. The van der Waals surface area contributed by atoms with E-state index in [0.717, 1.165) is 11.6 Å². The van der Waals surface area contributed by atoms with Crippen LogP contribution < -0.4 is 4.74 Å². The molecule has 0 radical (unpaired) electrons. The Labute approximate surface area is 365 Å². The van der Waals surface area contributed by atoms with Gasteiger partial charge in [0.2, 0.25) is 0 Å². The molecule has 0 aromatic heterocycles. The first-order chi connectivity index (χ1) is 29.8. The molecule has 3 fully saturated rings. The summed E-state index contributed by atoms with van der Waals surface area (Å²) in [6.07, 6.45) is -4.16. The van der Waals surface area contributed by atoms with E-state index in [1.54, 1.807) is 70.2 Å². The SMILES string of the molecule is CC(=O)O[C@H]1C[C@@]2(O)[C@@H](OCc3ccccc3)[C@@H]3[C@]4(OC(C)=O)CO[C@@H]4C[C@H](OC(C)=O)[C@@]3(C)C(=O)[C@H](OC(=O)/C=C/c3ccc(C(=O)Oc4ccccc4)cc3)C(=C1C)C2(C)C. The molecule has 7 rings (SSSR count). The number of hydrogen-bond donors (Lipinski definition) is 1. The van der Waals surface area contributed by atoms with Gasteiger partial charge in [-0.05, 0) is 66.5 Å². The average molecular weight is 865 g/mol. The predicted molar refractivity (Wildman–Crippen MR) is 224 cm³/mol. The zero-order valence-corrected chi connectivity index (χ0v) is 36.3. The predicted octanol–water partition coefficient (Wildman–Crippen LogP) is 6.07. The van der Waals surface area contributed by atoms with Crippen LogP contribution in [0.25, 0.3) is 6.08 Å². The summed E-state index contributed by atoms with van der Waals surface area (Å²) < 4.78 is 42.6. The topological polar surface area (TPSA) is 187 Å². The Balaban J connectivity index is 1.35. The van der Waals surface area contributed by atoms with Crippen molar-refractivity contribution in [2.45, 2.75) is 110 Å². The van der Waals surface area contributed by atoms with Crippen LogP contribution in [-0.2, 0) is 59.0 Å². The molecule has 1 saturated heterocycles. The van der Waals surface area contributed by atoms with E-state index < -0.39 is 94.1 Å². The van der Waals surface area contributed by atoms with Crippen LogP contribution in [0.3, 0.4) is 0 Å². The number of ether oxygens (including phenoxy) is 7. The maximum atomic E-state index is 16.0. The monoisotopic (exact) mass is 864 g/mol. The van der Waals surface area contributed by atoms with Crippen molar-refractivity contribution in [2.75, 3.05) is 6.61 Å². The van der Waals surface area contributed by atoms with Crippen molar-refractivity contribution >= 4 is 41.7 Å². The molecule has 14 heteroatoms. The quantitative estimate of drug-likeness (QED) is 0.0770. The number of Topliss-reactive ketones (excluding diaryl/α,β-unsaturated/α-hetero) is 1. The van der Waals surface area contributed by atoms with Gasteiger partial charge in [-0.15, -0.1) is 0 Å². The molecule has 0 unspecified atom stereocenters. The first-order valence-electron chi connectivity index (χ1n) is 20.9. The number of carbonyl (C=O) groups is 6. The Kier molecular flexibility index (Phi) is 12.4.